The molecule has 0 rings (SSSR count). The van der Waals surface area contributed by atoms with E-state index in [0.717, 1.165) is 23.5 Å². The Balaban J connectivity index is 3.48. The van der Waals surface area contributed by atoms with Gasteiger partial charge < -0.3 is 14.9 Å². The molecular weight excluding hydrogens is 264 g/mol. The van der Waals surface area contributed by atoms with E-state index < -0.39 is 12.2 Å². The van der Waals surface area contributed by atoms with Gasteiger partial charge in [0.05, 0.1) is 25.4 Å². The minimum Gasteiger partial charge on any atom is -0.390 e. The summed E-state index contributed by atoms with van der Waals surface area (Å²) < 4.78 is 5.07. The highest BCUT2D eigenvalue weighted by atomic mass is 32.2. The number of carbonyl (C=O) groups excluding carboxylic acids is 2. The van der Waals surface area contributed by atoms with E-state index in [0.29, 0.717) is 0 Å². The van der Waals surface area contributed by atoms with Gasteiger partial charge in [0.15, 0.2) is 10.2 Å². The molecule has 0 aromatic rings. The van der Waals surface area contributed by atoms with Gasteiger partial charge in [-0.3, -0.25) is 9.59 Å². The van der Waals surface area contributed by atoms with E-state index in [-0.39, 0.29) is 35.0 Å². The molecule has 2 unspecified atom stereocenters. The second kappa shape index (κ2) is 9.90. The maximum Gasteiger partial charge on any atom is 0.185 e. The predicted octanol–water partition coefficient (Wildman–Crippen LogP) is 0.284. The van der Waals surface area contributed by atoms with Crippen molar-refractivity contribution in [3.8, 4) is 0 Å². The number of thioether (sulfide) groups is 2. The van der Waals surface area contributed by atoms with Crippen molar-refractivity contribution in [1.82, 2.24) is 0 Å². The summed E-state index contributed by atoms with van der Waals surface area (Å²) in [6.07, 6.45) is -1.45. The normalized spacial score (nSPS) is 14.4. The monoisotopic (exact) mass is 282 g/mol. The van der Waals surface area contributed by atoms with Crippen LogP contribution >= 0.6 is 23.5 Å². The Morgan fingerprint density at radius 3 is 1.65 bits per heavy atom. The van der Waals surface area contributed by atoms with Crippen LogP contribution in [0.1, 0.15) is 13.8 Å². The highest BCUT2D eigenvalue weighted by Crippen LogP contribution is 2.06. The fourth-order valence-corrected chi connectivity index (χ4v) is 1.91. The molecule has 0 heterocycles. The van der Waals surface area contributed by atoms with Crippen LogP contribution in [0.25, 0.3) is 0 Å². The first-order valence-corrected chi connectivity index (χ1v) is 7.09. The second-order valence-electron chi connectivity index (χ2n) is 3.45. The molecular formula is C10H18O5S2. The quantitative estimate of drug-likeness (QED) is 0.661. The number of aliphatic hydroxyl groups is 2. The van der Waals surface area contributed by atoms with Gasteiger partial charge in [-0.05, 0) is 0 Å². The molecule has 0 amide bonds. The molecule has 0 saturated carbocycles. The maximum atomic E-state index is 10.6. The molecule has 2 N–H and O–H groups in total. The van der Waals surface area contributed by atoms with Crippen LogP contribution in [0.15, 0.2) is 0 Å². The zero-order valence-electron chi connectivity index (χ0n) is 9.92. The molecule has 0 saturated heterocycles. The molecule has 0 bridgehead atoms. The molecule has 0 spiro atoms. The van der Waals surface area contributed by atoms with Crippen LogP contribution in [0, 0.1) is 0 Å². The summed E-state index contributed by atoms with van der Waals surface area (Å²) >= 11 is 2.06. The van der Waals surface area contributed by atoms with Crippen LogP contribution in [-0.4, -0.2) is 57.4 Å². The number of rotatable bonds is 8. The van der Waals surface area contributed by atoms with Gasteiger partial charge in [0.1, 0.15) is 0 Å². The Hall–Kier alpha value is -0.0800. The number of ether oxygens (including phenoxy) is 1. The molecule has 0 radical (unpaired) electrons. The van der Waals surface area contributed by atoms with E-state index in [9.17, 15) is 19.8 Å². The highest BCUT2D eigenvalue weighted by Gasteiger charge is 2.10. The summed E-state index contributed by atoms with van der Waals surface area (Å²) in [7, 11) is 0. The number of carbonyl (C=O) groups is 2. The van der Waals surface area contributed by atoms with Crippen LogP contribution in [0.2, 0.25) is 0 Å². The van der Waals surface area contributed by atoms with Crippen molar-refractivity contribution in [2.24, 2.45) is 0 Å². The third kappa shape index (κ3) is 12.2. The Morgan fingerprint density at radius 2 is 1.35 bits per heavy atom. The van der Waals surface area contributed by atoms with E-state index in [4.69, 9.17) is 4.74 Å². The van der Waals surface area contributed by atoms with Crippen LogP contribution in [0.5, 0.6) is 0 Å². The standard InChI is InChI=1S/C10H18O5S2/c1-7(11)16-5-9(13)3-15-4-10(14)6-17-8(2)12/h9-10,13-14H,3-6H2,1-2H3. The van der Waals surface area contributed by atoms with Crippen LogP contribution < -0.4 is 0 Å². The minimum atomic E-state index is -0.725. The third-order valence-electron chi connectivity index (χ3n) is 1.58. The Bertz CT molecular complexity index is 223. The Kier molecular flexibility index (Phi) is 9.85. The smallest absolute Gasteiger partial charge is 0.185 e. The minimum absolute atomic E-state index is 0.0538. The molecule has 7 heteroatoms. The lowest BCUT2D eigenvalue weighted by Gasteiger charge is -2.13. The van der Waals surface area contributed by atoms with Gasteiger partial charge >= 0.3 is 0 Å². The molecule has 0 aromatic heterocycles. The van der Waals surface area contributed by atoms with Gasteiger partial charge in [-0.2, -0.15) is 0 Å². The van der Waals surface area contributed by atoms with E-state index in [2.05, 4.69) is 0 Å². The molecule has 2 atom stereocenters. The Labute approximate surface area is 109 Å². The fourth-order valence-electron chi connectivity index (χ4n) is 0.863. The summed E-state index contributed by atoms with van der Waals surface area (Å²) in [5.74, 6) is 0.571. The SMILES string of the molecule is CC(=O)SCC(O)COCC(O)CSC(C)=O. The lowest BCUT2D eigenvalue weighted by molar-refractivity contribution is -0.109. The average molecular weight is 282 g/mol. The summed E-state index contributed by atoms with van der Waals surface area (Å²) in [6.45, 7) is 3.01. The van der Waals surface area contributed by atoms with E-state index in [1.165, 1.54) is 13.8 Å². The number of hydrogen-bond donors (Lipinski definition) is 2. The summed E-state index contributed by atoms with van der Waals surface area (Å²) in [5, 5.41) is 18.7. The van der Waals surface area contributed by atoms with Crippen molar-refractivity contribution in [3.05, 3.63) is 0 Å². The fraction of sp³-hybridized carbons (Fsp3) is 0.800. The predicted molar refractivity (Wildman–Crippen MR) is 69.1 cm³/mol. The maximum absolute atomic E-state index is 10.6. The van der Waals surface area contributed by atoms with Crippen LogP contribution in [0.3, 0.4) is 0 Å². The number of aliphatic hydroxyl groups excluding tert-OH is 2. The molecule has 0 aliphatic heterocycles. The van der Waals surface area contributed by atoms with Crippen LogP contribution in [0.4, 0.5) is 0 Å². The van der Waals surface area contributed by atoms with Crippen molar-refractivity contribution in [1.29, 1.82) is 0 Å². The first-order chi connectivity index (χ1) is 7.91. The van der Waals surface area contributed by atoms with Gasteiger partial charge in [-0.15, -0.1) is 0 Å². The van der Waals surface area contributed by atoms with Crippen molar-refractivity contribution >= 4 is 33.8 Å². The van der Waals surface area contributed by atoms with Crippen LogP contribution in [-0.2, 0) is 14.3 Å². The summed E-state index contributed by atoms with van der Waals surface area (Å²) in [5.41, 5.74) is 0. The topological polar surface area (TPSA) is 83.8 Å². The first-order valence-electron chi connectivity index (χ1n) is 5.12. The average Bonchev–Trinajstić information content (AvgIpc) is 2.23. The first kappa shape index (κ1) is 16.9. The molecule has 0 aliphatic rings. The molecule has 0 fully saturated rings. The van der Waals surface area contributed by atoms with Gasteiger partial charge in [-0.1, -0.05) is 23.5 Å². The van der Waals surface area contributed by atoms with Gasteiger partial charge in [0, 0.05) is 25.4 Å². The van der Waals surface area contributed by atoms with Crippen molar-refractivity contribution < 1.29 is 24.5 Å². The summed E-state index contributed by atoms with van der Waals surface area (Å²) in [4.78, 5) is 21.2. The van der Waals surface area contributed by atoms with Crippen molar-refractivity contribution in [2.75, 3.05) is 24.7 Å². The third-order valence-corrected chi connectivity index (χ3v) is 3.49. The molecule has 100 valence electrons. The van der Waals surface area contributed by atoms with E-state index in [1.54, 1.807) is 0 Å². The Morgan fingerprint density at radius 1 is 1.00 bits per heavy atom. The molecule has 0 aromatic carbocycles. The lowest BCUT2D eigenvalue weighted by atomic mass is 10.4. The molecule has 17 heavy (non-hydrogen) atoms. The van der Waals surface area contributed by atoms with Gasteiger partial charge in [0.25, 0.3) is 0 Å². The van der Waals surface area contributed by atoms with Crippen molar-refractivity contribution in [2.45, 2.75) is 26.1 Å². The second-order valence-corrected chi connectivity index (χ2v) is 5.84. The van der Waals surface area contributed by atoms with E-state index >= 15 is 0 Å². The van der Waals surface area contributed by atoms with Crippen molar-refractivity contribution in [3.63, 3.8) is 0 Å². The molecule has 0 aliphatic carbocycles. The molecule has 5 nitrogen and oxygen atoms in total. The lowest BCUT2D eigenvalue weighted by Crippen LogP contribution is -2.24. The zero-order valence-corrected chi connectivity index (χ0v) is 11.6. The largest absolute Gasteiger partial charge is 0.390 e. The van der Waals surface area contributed by atoms with Gasteiger partial charge in [0.2, 0.25) is 0 Å². The highest BCUT2D eigenvalue weighted by molar-refractivity contribution is 8.13. The number of hydrogen-bond acceptors (Lipinski definition) is 7. The van der Waals surface area contributed by atoms with Gasteiger partial charge in [-0.25, -0.2) is 0 Å². The van der Waals surface area contributed by atoms with E-state index in [1.807, 2.05) is 0 Å². The zero-order chi connectivity index (χ0) is 13.3. The summed E-state index contributed by atoms with van der Waals surface area (Å²) in [6, 6.07) is 0.